The van der Waals surface area contributed by atoms with E-state index in [1.807, 2.05) is 42.5 Å². The largest absolute Gasteiger partial charge is 0.506 e. The van der Waals surface area contributed by atoms with Crippen LogP contribution in [0.3, 0.4) is 0 Å². The Hall–Kier alpha value is -2.94. The van der Waals surface area contributed by atoms with Crippen molar-refractivity contribution in [3.05, 3.63) is 77.0 Å². The average molecular weight is 346 g/mol. The number of quaternary nitrogens is 1. The van der Waals surface area contributed by atoms with Gasteiger partial charge in [-0.2, -0.15) is 5.26 Å². The Morgan fingerprint density at radius 2 is 1.85 bits per heavy atom. The van der Waals surface area contributed by atoms with Gasteiger partial charge in [0.2, 0.25) is 0 Å². The van der Waals surface area contributed by atoms with Crippen LogP contribution in [0.1, 0.15) is 23.1 Å². The SMILES string of the molecule is N#Cc1ccc(C[N+]23C[C@H](N)C[C@@H]2C(O)=C(c2ccccc2)C3=O)cc1. The highest BCUT2D eigenvalue weighted by atomic mass is 16.3. The van der Waals surface area contributed by atoms with E-state index in [-0.39, 0.29) is 28.2 Å². The zero-order valence-electron chi connectivity index (χ0n) is 14.3. The fourth-order valence-electron chi connectivity index (χ4n) is 4.31. The van der Waals surface area contributed by atoms with E-state index in [1.165, 1.54) is 0 Å². The summed E-state index contributed by atoms with van der Waals surface area (Å²) in [5.41, 5.74) is 8.87. The fraction of sp³-hybridized carbons (Fsp3) is 0.238. The number of hydrogen-bond acceptors (Lipinski definition) is 4. The molecule has 0 saturated carbocycles. The summed E-state index contributed by atoms with van der Waals surface area (Å²) in [4.78, 5) is 13.4. The molecule has 26 heavy (non-hydrogen) atoms. The van der Waals surface area contributed by atoms with Gasteiger partial charge < -0.3 is 10.8 Å². The Morgan fingerprint density at radius 1 is 1.15 bits per heavy atom. The van der Waals surface area contributed by atoms with Crippen LogP contribution in [0.25, 0.3) is 5.57 Å². The second-order valence-electron chi connectivity index (χ2n) is 7.13. The number of benzene rings is 2. The molecule has 2 heterocycles. The predicted octanol–water partition coefficient (Wildman–Crippen LogP) is 2.48. The van der Waals surface area contributed by atoms with Crippen LogP contribution in [-0.4, -0.2) is 34.1 Å². The van der Waals surface area contributed by atoms with Crippen molar-refractivity contribution < 1.29 is 14.4 Å². The molecule has 0 aliphatic carbocycles. The monoisotopic (exact) mass is 346 g/mol. The van der Waals surface area contributed by atoms with E-state index >= 15 is 0 Å². The van der Waals surface area contributed by atoms with E-state index in [2.05, 4.69) is 6.07 Å². The summed E-state index contributed by atoms with van der Waals surface area (Å²) >= 11 is 0. The molecule has 1 amide bonds. The Kier molecular flexibility index (Phi) is 3.87. The molecule has 3 N–H and O–H groups in total. The van der Waals surface area contributed by atoms with Gasteiger partial charge in [-0.15, -0.1) is 0 Å². The van der Waals surface area contributed by atoms with E-state index in [9.17, 15) is 9.90 Å². The maximum Gasteiger partial charge on any atom is 0.351 e. The topological polar surface area (TPSA) is 87.1 Å². The summed E-state index contributed by atoms with van der Waals surface area (Å²) in [5, 5.41) is 19.8. The number of aliphatic hydroxyl groups is 1. The van der Waals surface area contributed by atoms with Crippen molar-refractivity contribution in [3.63, 3.8) is 0 Å². The molecule has 1 unspecified atom stereocenters. The molecule has 2 aliphatic heterocycles. The lowest BCUT2D eigenvalue weighted by molar-refractivity contribution is -0.869. The van der Waals surface area contributed by atoms with Gasteiger partial charge in [-0.25, -0.2) is 9.28 Å². The first-order valence-corrected chi connectivity index (χ1v) is 8.70. The van der Waals surface area contributed by atoms with Crippen molar-refractivity contribution in [2.24, 2.45) is 5.73 Å². The fourth-order valence-corrected chi connectivity index (χ4v) is 4.31. The Labute approximate surface area is 152 Å². The van der Waals surface area contributed by atoms with Crippen LogP contribution in [0, 0.1) is 11.3 Å². The lowest BCUT2D eigenvalue weighted by Crippen LogP contribution is -2.53. The number of nitrogens with zero attached hydrogens (tertiary/aromatic N) is 2. The number of fused-ring (bicyclic) bond motifs is 1. The summed E-state index contributed by atoms with van der Waals surface area (Å²) in [6.45, 7) is 0.965. The molecule has 0 aromatic heterocycles. The highest BCUT2D eigenvalue weighted by Crippen LogP contribution is 2.44. The number of rotatable bonds is 3. The van der Waals surface area contributed by atoms with Crippen LogP contribution in [0.15, 0.2) is 60.4 Å². The average Bonchev–Trinajstić information content (AvgIpc) is 3.08. The van der Waals surface area contributed by atoms with E-state index in [0.717, 1.165) is 11.1 Å². The Bertz CT molecular complexity index is 928. The number of aliphatic hydroxyl groups excluding tert-OH is 1. The van der Waals surface area contributed by atoms with Gasteiger partial charge in [0.25, 0.3) is 0 Å². The molecule has 2 aromatic carbocycles. The lowest BCUT2D eigenvalue weighted by Gasteiger charge is -2.32. The first kappa shape index (κ1) is 16.5. The van der Waals surface area contributed by atoms with Crippen molar-refractivity contribution in [1.29, 1.82) is 5.26 Å². The van der Waals surface area contributed by atoms with Crippen LogP contribution >= 0.6 is 0 Å². The summed E-state index contributed by atoms with van der Waals surface area (Å²) < 4.78 is 0.128. The molecule has 1 fully saturated rings. The lowest BCUT2D eigenvalue weighted by atomic mass is 10.0. The van der Waals surface area contributed by atoms with Gasteiger partial charge in [-0.1, -0.05) is 42.5 Å². The third kappa shape index (κ3) is 2.43. The van der Waals surface area contributed by atoms with Crippen LogP contribution in [0.5, 0.6) is 0 Å². The summed E-state index contributed by atoms with van der Waals surface area (Å²) in [7, 11) is 0. The molecule has 2 aliphatic rings. The van der Waals surface area contributed by atoms with Crippen molar-refractivity contribution in [2.45, 2.75) is 25.0 Å². The molecule has 0 spiro atoms. The molecule has 2 aromatic rings. The molecular formula is C21H20N3O2+. The van der Waals surface area contributed by atoms with Crippen molar-refractivity contribution in [1.82, 2.24) is 0 Å². The maximum absolute atomic E-state index is 13.4. The number of nitrogens with two attached hydrogens (primary N) is 1. The molecule has 0 radical (unpaired) electrons. The molecule has 1 saturated heterocycles. The van der Waals surface area contributed by atoms with Crippen molar-refractivity contribution in [2.75, 3.05) is 6.54 Å². The highest BCUT2D eigenvalue weighted by Gasteiger charge is 2.60. The summed E-state index contributed by atoms with van der Waals surface area (Å²) in [6.07, 6.45) is 0.587. The smallest absolute Gasteiger partial charge is 0.351 e. The Balaban J connectivity index is 1.74. The standard InChI is InChI=1S/C21H19N3O2/c22-11-14-6-8-15(9-7-14)12-24-13-17(23)10-18(24)20(25)19(21(24)26)16-4-2-1-3-5-16/h1-9,17-18H,10,12-13,23H2/p+1/t17-,18-,24?/m1/s1. The van der Waals surface area contributed by atoms with Gasteiger partial charge >= 0.3 is 5.91 Å². The van der Waals surface area contributed by atoms with Gasteiger partial charge in [-0.05, 0) is 17.7 Å². The summed E-state index contributed by atoms with van der Waals surface area (Å²) in [5.74, 6) is 0.0822. The first-order chi connectivity index (χ1) is 12.5. The van der Waals surface area contributed by atoms with E-state index in [1.54, 1.807) is 12.1 Å². The van der Waals surface area contributed by atoms with Gasteiger partial charge in [0.05, 0.1) is 17.7 Å². The second-order valence-corrected chi connectivity index (χ2v) is 7.13. The number of hydrogen-bond donors (Lipinski definition) is 2. The molecule has 3 atom stereocenters. The van der Waals surface area contributed by atoms with Crippen LogP contribution < -0.4 is 5.73 Å². The maximum atomic E-state index is 13.4. The number of amides is 1. The minimum absolute atomic E-state index is 0.0731. The van der Waals surface area contributed by atoms with E-state index < -0.39 is 0 Å². The molecule has 4 rings (SSSR count). The molecular weight excluding hydrogens is 326 g/mol. The summed E-state index contributed by atoms with van der Waals surface area (Å²) in [6, 6.07) is 18.2. The third-order valence-corrected chi connectivity index (χ3v) is 5.48. The van der Waals surface area contributed by atoms with Gasteiger partial charge in [0.1, 0.15) is 18.7 Å². The van der Waals surface area contributed by atoms with Gasteiger partial charge in [0, 0.05) is 12.0 Å². The van der Waals surface area contributed by atoms with E-state index in [0.29, 0.717) is 30.6 Å². The zero-order chi connectivity index (χ0) is 18.3. The molecule has 5 heteroatoms. The first-order valence-electron chi connectivity index (χ1n) is 8.70. The third-order valence-electron chi connectivity index (χ3n) is 5.48. The highest BCUT2D eigenvalue weighted by molar-refractivity contribution is 6.18. The van der Waals surface area contributed by atoms with E-state index in [4.69, 9.17) is 11.0 Å². The zero-order valence-corrected chi connectivity index (χ0v) is 14.3. The van der Waals surface area contributed by atoms with Crippen LogP contribution in [0.2, 0.25) is 0 Å². The normalized spacial score (nSPS) is 27.5. The van der Waals surface area contributed by atoms with Crippen LogP contribution in [0.4, 0.5) is 0 Å². The molecule has 5 nitrogen and oxygen atoms in total. The second kappa shape index (κ2) is 6.10. The molecule has 0 bridgehead atoms. The Morgan fingerprint density at radius 3 is 2.50 bits per heavy atom. The quantitative estimate of drug-likeness (QED) is 0.836. The van der Waals surface area contributed by atoms with Crippen LogP contribution in [-0.2, 0) is 11.3 Å². The van der Waals surface area contributed by atoms with Crippen molar-refractivity contribution in [3.8, 4) is 6.07 Å². The predicted molar refractivity (Wildman–Crippen MR) is 97.4 cm³/mol. The minimum Gasteiger partial charge on any atom is -0.506 e. The van der Waals surface area contributed by atoms with Gasteiger partial charge in [0.15, 0.2) is 11.8 Å². The number of nitriles is 1. The van der Waals surface area contributed by atoms with Gasteiger partial charge in [-0.3, -0.25) is 0 Å². The molecule has 130 valence electrons. The number of carbonyl (C=O) groups excluding carboxylic acids is 1. The minimum atomic E-state index is -0.302. The number of carbonyl (C=O) groups is 1. The van der Waals surface area contributed by atoms with Crippen molar-refractivity contribution >= 4 is 11.5 Å².